The van der Waals surface area contributed by atoms with Gasteiger partial charge in [0.05, 0.1) is 5.52 Å². The van der Waals surface area contributed by atoms with Crippen molar-refractivity contribution in [3.05, 3.63) is 93.5 Å². The van der Waals surface area contributed by atoms with Crippen molar-refractivity contribution < 1.29 is 4.74 Å². The van der Waals surface area contributed by atoms with Gasteiger partial charge in [-0.1, -0.05) is 6.08 Å². The topological polar surface area (TPSA) is 81.9 Å². The summed E-state index contributed by atoms with van der Waals surface area (Å²) in [7, 11) is 3.44. The zero-order valence-electron chi connectivity index (χ0n) is 17.8. The first-order chi connectivity index (χ1) is 15.5. The van der Waals surface area contributed by atoms with E-state index in [1.54, 1.807) is 49.3 Å². The fourth-order valence-corrected chi connectivity index (χ4v) is 3.79. The van der Waals surface area contributed by atoms with Gasteiger partial charge in [0.1, 0.15) is 17.1 Å². The second kappa shape index (κ2) is 7.85. The number of pyridine rings is 2. The normalized spacial score (nSPS) is 13.4. The summed E-state index contributed by atoms with van der Waals surface area (Å²) < 4.78 is 9.43. The van der Waals surface area contributed by atoms with E-state index in [-0.39, 0.29) is 11.1 Å². The number of imidazole rings is 1. The number of aromatic nitrogens is 4. The molecule has 1 N–H and O–H groups in total. The van der Waals surface area contributed by atoms with Crippen LogP contribution in [-0.2, 0) is 14.1 Å². The van der Waals surface area contributed by atoms with Crippen molar-refractivity contribution in [3.63, 3.8) is 0 Å². The molecule has 7 heteroatoms. The second-order valence-corrected chi connectivity index (χ2v) is 7.85. The van der Waals surface area contributed by atoms with Gasteiger partial charge in [0.2, 0.25) is 11.1 Å². The van der Waals surface area contributed by atoms with Crippen molar-refractivity contribution >= 4 is 11.0 Å². The van der Waals surface area contributed by atoms with Gasteiger partial charge in [-0.25, -0.2) is 4.98 Å². The Balaban J connectivity index is 1.71. The van der Waals surface area contributed by atoms with Crippen LogP contribution < -0.4 is 15.9 Å². The third kappa shape index (κ3) is 3.58. The van der Waals surface area contributed by atoms with Crippen molar-refractivity contribution in [2.45, 2.75) is 12.8 Å². The van der Waals surface area contributed by atoms with E-state index in [4.69, 9.17) is 9.72 Å². The first-order valence-corrected chi connectivity index (χ1v) is 10.4. The number of aromatic amines is 1. The summed E-state index contributed by atoms with van der Waals surface area (Å²) in [5.74, 6) is 2.03. The molecule has 1 aliphatic carbocycles. The van der Waals surface area contributed by atoms with Crippen molar-refractivity contribution in [1.82, 2.24) is 19.1 Å². The van der Waals surface area contributed by atoms with Crippen molar-refractivity contribution in [2.75, 3.05) is 0 Å². The average molecular weight is 426 g/mol. The van der Waals surface area contributed by atoms with Crippen LogP contribution >= 0.6 is 0 Å². The number of nitrogens with zero attached hydrogens (tertiary/aromatic N) is 3. The number of ether oxygens (including phenoxy) is 1. The van der Waals surface area contributed by atoms with Gasteiger partial charge >= 0.3 is 0 Å². The highest BCUT2D eigenvalue weighted by molar-refractivity contribution is 5.92. The van der Waals surface area contributed by atoms with Crippen LogP contribution in [-0.4, -0.2) is 19.1 Å². The van der Waals surface area contributed by atoms with E-state index in [0.29, 0.717) is 17.1 Å². The molecule has 0 spiro atoms. The fraction of sp³-hybridized carbons (Fsp3) is 0.160. The Labute approximate surface area is 183 Å². The zero-order chi connectivity index (χ0) is 22.2. The molecule has 0 amide bonds. The molecule has 0 aliphatic heterocycles. The van der Waals surface area contributed by atoms with E-state index in [0.717, 1.165) is 40.8 Å². The Morgan fingerprint density at radius 2 is 1.62 bits per heavy atom. The van der Waals surface area contributed by atoms with Crippen molar-refractivity contribution in [1.29, 1.82) is 0 Å². The highest BCUT2D eigenvalue weighted by atomic mass is 16.5. The second-order valence-electron chi connectivity index (χ2n) is 7.85. The van der Waals surface area contributed by atoms with E-state index < -0.39 is 0 Å². The highest BCUT2D eigenvalue weighted by Crippen LogP contribution is 2.38. The minimum atomic E-state index is -0.0816. The molecule has 0 radical (unpaired) electrons. The van der Waals surface area contributed by atoms with E-state index in [1.807, 2.05) is 18.2 Å². The SMILES string of the molecule is Cn1cc(-c2nc3c(OC4=CCCC=C4)c(-c4ccc(=O)n(C)c4)ccc3[nH]2)ccc1=O. The lowest BCUT2D eigenvalue weighted by Crippen LogP contribution is -2.14. The minimum Gasteiger partial charge on any atom is -0.455 e. The lowest BCUT2D eigenvalue weighted by Gasteiger charge is -2.15. The molecule has 4 aromatic rings. The molecule has 1 aromatic carbocycles. The van der Waals surface area contributed by atoms with Gasteiger partial charge < -0.3 is 18.9 Å². The third-order valence-corrected chi connectivity index (χ3v) is 5.55. The van der Waals surface area contributed by atoms with Crippen LogP contribution in [0.5, 0.6) is 5.75 Å². The predicted molar refractivity (Wildman–Crippen MR) is 125 cm³/mol. The standard InChI is InChI=1S/C25H22N4O3/c1-28-14-16(8-12-21(28)30)19-10-11-20-23(24(19)32-18-6-4-3-5-7-18)27-25(26-20)17-9-13-22(31)29(2)15-17/h4,6-15H,3,5H2,1-2H3,(H,26,27). The molecule has 3 heterocycles. The van der Waals surface area contributed by atoms with Crippen LogP contribution in [0.3, 0.4) is 0 Å². The average Bonchev–Trinajstić information content (AvgIpc) is 3.23. The predicted octanol–water partition coefficient (Wildman–Crippen LogP) is 3.91. The minimum absolute atomic E-state index is 0.0769. The summed E-state index contributed by atoms with van der Waals surface area (Å²) in [6, 6.07) is 10.5. The summed E-state index contributed by atoms with van der Waals surface area (Å²) in [5, 5.41) is 0. The number of hydrogen-bond acceptors (Lipinski definition) is 4. The summed E-state index contributed by atoms with van der Waals surface area (Å²) in [5.41, 5.74) is 3.84. The number of H-pyrrole nitrogens is 1. The molecule has 0 bridgehead atoms. The molecule has 5 rings (SSSR count). The first kappa shape index (κ1) is 19.8. The van der Waals surface area contributed by atoms with Crippen molar-refractivity contribution in [3.8, 4) is 28.3 Å². The summed E-state index contributed by atoms with van der Waals surface area (Å²) in [6.45, 7) is 0. The Bertz CT molecular complexity index is 1520. The van der Waals surface area contributed by atoms with Crippen LogP contribution in [0.1, 0.15) is 12.8 Å². The number of rotatable bonds is 4. The van der Waals surface area contributed by atoms with Gasteiger partial charge in [0.25, 0.3) is 0 Å². The molecule has 1 aliphatic rings. The number of benzene rings is 1. The maximum atomic E-state index is 11.9. The smallest absolute Gasteiger partial charge is 0.250 e. The molecular weight excluding hydrogens is 404 g/mol. The Morgan fingerprint density at radius 1 is 0.906 bits per heavy atom. The molecule has 7 nitrogen and oxygen atoms in total. The van der Waals surface area contributed by atoms with E-state index in [1.165, 1.54) is 10.6 Å². The maximum Gasteiger partial charge on any atom is 0.250 e. The number of fused-ring (bicyclic) bond motifs is 1. The zero-order valence-corrected chi connectivity index (χ0v) is 17.8. The molecule has 160 valence electrons. The van der Waals surface area contributed by atoms with Crippen LogP contribution in [0.25, 0.3) is 33.5 Å². The number of hydrogen-bond donors (Lipinski definition) is 1. The van der Waals surface area contributed by atoms with Gasteiger partial charge in [0, 0.05) is 55.3 Å². The first-order valence-electron chi connectivity index (χ1n) is 10.4. The van der Waals surface area contributed by atoms with Crippen molar-refractivity contribution in [2.24, 2.45) is 14.1 Å². The van der Waals surface area contributed by atoms with Crippen LogP contribution in [0.15, 0.2) is 82.4 Å². The van der Waals surface area contributed by atoms with Gasteiger partial charge in [-0.3, -0.25) is 9.59 Å². The molecular formula is C25H22N4O3. The van der Waals surface area contributed by atoms with E-state index >= 15 is 0 Å². The van der Waals surface area contributed by atoms with Gasteiger partial charge in [-0.05, 0) is 49.3 Å². The summed E-state index contributed by atoms with van der Waals surface area (Å²) in [4.78, 5) is 31.8. The lowest BCUT2D eigenvalue weighted by molar-refractivity contribution is 0.445. The van der Waals surface area contributed by atoms with Gasteiger partial charge in [0.15, 0.2) is 5.75 Å². The fourth-order valence-electron chi connectivity index (χ4n) is 3.79. The van der Waals surface area contributed by atoms with Gasteiger partial charge in [-0.2, -0.15) is 0 Å². The summed E-state index contributed by atoms with van der Waals surface area (Å²) in [6.07, 6.45) is 11.6. The van der Waals surface area contributed by atoms with Crippen LogP contribution in [0.2, 0.25) is 0 Å². The highest BCUT2D eigenvalue weighted by Gasteiger charge is 2.18. The quantitative estimate of drug-likeness (QED) is 0.537. The Morgan fingerprint density at radius 3 is 2.31 bits per heavy atom. The third-order valence-electron chi connectivity index (χ3n) is 5.55. The van der Waals surface area contributed by atoms with Crippen LogP contribution in [0, 0.1) is 0 Å². The Kier molecular flexibility index (Phi) is 4.86. The van der Waals surface area contributed by atoms with E-state index in [2.05, 4.69) is 17.1 Å². The molecule has 0 atom stereocenters. The molecule has 3 aromatic heterocycles. The molecule has 0 saturated carbocycles. The lowest BCUT2D eigenvalue weighted by atomic mass is 10.1. The number of aryl methyl sites for hydroxylation is 2. The molecule has 0 unspecified atom stereocenters. The Hall–Kier alpha value is -4.13. The van der Waals surface area contributed by atoms with Gasteiger partial charge in [-0.15, -0.1) is 0 Å². The number of nitrogens with one attached hydrogen (secondary N) is 1. The molecule has 0 saturated heterocycles. The number of allylic oxidation sites excluding steroid dienone is 3. The largest absolute Gasteiger partial charge is 0.455 e. The summed E-state index contributed by atoms with van der Waals surface area (Å²) >= 11 is 0. The van der Waals surface area contributed by atoms with Crippen LogP contribution in [0.4, 0.5) is 0 Å². The maximum absolute atomic E-state index is 11.9. The molecule has 0 fully saturated rings. The molecule has 32 heavy (non-hydrogen) atoms. The van der Waals surface area contributed by atoms with E-state index in [9.17, 15) is 9.59 Å². The monoisotopic (exact) mass is 426 g/mol.